The molecule has 1 aliphatic rings. The molecule has 4 rings (SSSR count). The highest BCUT2D eigenvalue weighted by atomic mass is 32.2. The van der Waals surface area contributed by atoms with Crippen LogP contribution in [0.1, 0.15) is 45.7 Å². The summed E-state index contributed by atoms with van der Waals surface area (Å²) in [5.41, 5.74) is 1.54. The Morgan fingerprint density at radius 1 is 1.52 bits per heavy atom. The summed E-state index contributed by atoms with van der Waals surface area (Å²) < 4.78 is 10.4. The number of ether oxygens (including phenoxy) is 1. The number of thiophene rings is 1. The van der Waals surface area contributed by atoms with Crippen LogP contribution in [0.25, 0.3) is 10.2 Å². The van der Waals surface area contributed by atoms with Crippen molar-refractivity contribution in [2.45, 2.75) is 44.0 Å². The average molecular weight is 405 g/mol. The quantitative estimate of drug-likeness (QED) is 0.400. The second kappa shape index (κ2) is 7.16. The third-order valence-corrected chi connectivity index (χ3v) is 6.91. The van der Waals surface area contributed by atoms with Gasteiger partial charge in [0.2, 0.25) is 0 Å². The molecule has 6 nitrogen and oxygen atoms in total. The monoisotopic (exact) mass is 404 g/mol. The Bertz CT molecular complexity index is 1080. The molecule has 1 N–H and O–H groups in total. The second-order valence-electron chi connectivity index (χ2n) is 6.87. The minimum atomic E-state index is -0.418. The fraction of sp³-hybridized carbons (Fsp3) is 0.421. The molecule has 0 saturated carbocycles. The SMILES string of the molecule is COC(=O)c1cc(CSc2nc3sc4c(c3c(=O)[nH]2)CC[C@H](C)C4)oc1C. The number of furan rings is 1. The zero-order valence-electron chi connectivity index (χ0n) is 15.4. The van der Waals surface area contributed by atoms with Crippen molar-refractivity contribution in [3.05, 3.63) is 43.9 Å². The van der Waals surface area contributed by atoms with Crippen molar-refractivity contribution in [3.63, 3.8) is 0 Å². The van der Waals surface area contributed by atoms with Crippen LogP contribution < -0.4 is 5.56 Å². The molecule has 8 heteroatoms. The van der Waals surface area contributed by atoms with Crippen LogP contribution in [-0.2, 0) is 23.3 Å². The summed E-state index contributed by atoms with van der Waals surface area (Å²) in [5.74, 6) is 1.87. The minimum Gasteiger partial charge on any atom is -0.465 e. The van der Waals surface area contributed by atoms with Crippen LogP contribution in [0, 0.1) is 12.8 Å². The zero-order valence-corrected chi connectivity index (χ0v) is 17.0. The van der Waals surface area contributed by atoms with Crippen LogP contribution in [-0.4, -0.2) is 23.0 Å². The van der Waals surface area contributed by atoms with Crippen molar-refractivity contribution >= 4 is 39.3 Å². The van der Waals surface area contributed by atoms with Gasteiger partial charge >= 0.3 is 5.97 Å². The summed E-state index contributed by atoms with van der Waals surface area (Å²) in [6.45, 7) is 3.98. The number of esters is 1. The summed E-state index contributed by atoms with van der Waals surface area (Å²) in [6, 6.07) is 1.68. The fourth-order valence-corrected chi connectivity index (χ4v) is 5.65. The molecule has 0 spiro atoms. The number of H-pyrrole nitrogens is 1. The maximum Gasteiger partial charge on any atom is 0.341 e. The Morgan fingerprint density at radius 3 is 3.11 bits per heavy atom. The van der Waals surface area contributed by atoms with Crippen molar-refractivity contribution in [1.29, 1.82) is 0 Å². The van der Waals surface area contributed by atoms with Crippen molar-refractivity contribution < 1.29 is 13.9 Å². The van der Waals surface area contributed by atoms with E-state index >= 15 is 0 Å². The molecule has 0 aromatic carbocycles. The summed E-state index contributed by atoms with van der Waals surface area (Å²) >= 11 is 3.02. The lowest BCUT2D eigenvalue weighted by Crippen LogP contribution is -2.13. The first kappa shape index (κ1) is 18.3. The van der Waals surface area contributed by atoms with Gasteiger partial charge < -0.3 is 14.1 Å². The largest absolute Gasteiger partial charge is 0.465 e. The molecule has 0 bridgehead atoms. The number of carbonyl (C=O) groups is 1. The number of aryl methyl sites for hydroxylation is 2. The molecule has 0 unspecified atom stereocenters. The number of hydrogen-bond donors (Lipinski definition) is 1. The Balaban J connectivity index is 1.58. The van der Waals surface area contributed by atoms with Crippen LogP contribution in [0.5, 0.6) is 0 Å². The predicted molar refractivity (Wildman–Crippen MR) is 106 cm³/mol. The maximum absolute atomic E-state index is 12.6. The summed E-state index contributed by atoms with van der Waals surface area (Å²) in [7, 11) is 1.34. The molecule has 0 radical (unpaired) electrons. The number of nitrogens with zero attached hydrogens (tertiary/aromatic N) is 1. The second-order valence-corrected chi connectivity index (χ2v) is 8.91. The van der Waals surface area contributed by atoms with Gasteiger partial charge in [-0.05, 0) is 43.7 Å². The van der Waals surface area contributed by atoms with Gasteiger partial charge in [0.05, 0.1) is 18.2 Å². The molecule has 3 aromatic rings. The summed E-state index contributed by atoms with van der Waals surface area (Å²) in [5, 5.41) is 1.32. The van der Waals surface area contributed by atoms with Gasteiger partial charge in [-0.1, -0.05) is 18.7 Å². The lowest BCUT2D eigenvalue weighted by molar-refractivity contribution is 0.0599. The van der Waals surface area contributed by atoms with E-state index < -0.39 is 5.97 Å². The predicted octanol–water partition coefficient (Wildman–Crippen LogP) is 4.09. The fourth-order valence-electron chi connectivity index (χ4n) is 3.46. The third kappa shape index (κ3) is 3.43. The summed E-state index contributed by atoms with van der Waals surface area (Å²) in [4.78, 5) is 34.0. The molecule has 0 fully saturated rings. The Hall–Kier alpha value is -2.06. The van der Waals surface area contributed by atoms with Crippen LogP contribution in [0.15, 0.2) is 20.4 Å². The normalized spacial score (nSPS) is 16.5. The van der Waals surface area contributed by atoms with Gasteiger partial charge in [-0.25, -0.2) is 9.78 Å². The van der Waals surface area contributed by atoms with E-state index in [1.165, 1.54) is 29.3 Å². The zero-order chi connectivity index (χ0) is 19.1. The topological polar surface area (TPSA) is 85.2 Å². The number of carbonyl (C=O) groups excluding carboxylic acids is 1. The number of methoxy groups -OCH3 is 1. The number of aromatic amines is 1. The highest BCUT2D eigenvalue weighted by molar-refractivity contribution is 7.98. The van der Waals surface area contributed by atoms with Gasteiger partial charge in [0.25, 0.3) is 5.56 Å². The Kier molecular flexibility index (Phi) is 4.86. The maximum atomic E-state index is 12.6. The molecular formula is C19H20N2O4S2. The number of hydrogen-bond acceptors (Lipinski definition) is 7. The molecule has 3 heterocycles. The minimum absolute atomic E-state index is 0.0690. The van der Waals surface area contributed by atoms with E-state index in [0.717, 1.165) is 29.5 Å². The van der Waals surface area contributed by atoms with Crippen LogP contribution >= 0.6 is 23.1 Å². The molecule has 3 aromatic heterocycles. The number of nitrogens with one attached hydrogen (secondary N) is 1. The molecule has 1 aliphatic carbocycles. The van der Waals surface area contributed by atoms with Gasteiger partial charge in [-0.3, -0.25) is 4.79 Å². The van der Waals surface area contributed by atoms with Crippen molar-refractivity contribution in [2.24, 2.45) is 5.92 Å². The lowest BCUT2D eigenvalue weighted by Gasteiger charge is -2.17. The molecule has 0 aliphatic heterocycles. The van der Waals surface area contributed by atoms with Gasteiger partial charge in [0, 0.05) is 4.88 Å². The van der Waals surface area contributed by atoms with Crippen LogP contribution in [0.2, 0.25) is 0 Å². The number of thioether (sulfide) groups is 1. The standard InChI is InChI=1S/C19H20N2O4S2/c1-9-4-5-12-14(6-9)27-17-15(12)16(22)20-19(21-17)26-8-11-7-13(10(2)25-11)18(23)24-3/h7,9H,4-6,8H2,1-3H3,(H,20,21,22)/t9-/m0/s1. The van der Waals surface area contributed by atoms with Gasteiger partial charge in [-0.15, -0.1) is 11.3 Å². The number of rotatable bonds is 4. The average Bonchev–Trinajstić information content (AvgIpc) is 3.18. The van der Waals surface area contributed by atoms with Crippen molar-refractivity contribution in [1.82, 2.24) is 9.97 Å². The number of aromatic nitrogens is 2. The van der Waals surface area contributed by atoms with Crippen LogP contribution in [0.4, 0.5) is 0 Å². The van der Waals surface area contributed by atoms with E-state index in [1.807, 2.05) is 0 Å². The Morgan fingerprint density at radius 2 is 2.33 bits per heavy atom. The van der Waals surface area contributed by atoms with Gasteiger partial charge in [0.15, 0.2) is 5.16 Å². The molecule has 1 atom stereocenters. The van der Waals surface area contributed by atoms with E-state index in [2.05, 4.69) is 16.9 Å². The molecule has 142 valence electrons. The first-order valence-electron chi connectivity index (χ1n) is 8.81. The molecule has 0 amide bonds. The molecule has 27 heavy (non-hydrogen) atoms. The third-order valence-electron chi connectivity index (χ3n) is 4.87. The summed E-state index contributed by atoms with van der Waals surface area (Å²) in [6.07, 6.45) is 3.10. The highest BCUT2D eigenvalue weighted by Crippen LogP contribution is 2.36. The van der Waals surface area contributed by atoms with Crippen LogP contribution in [0.3, 0.4) is 0 Å². The van der Waals surface area contributed by atoms with Gasteiger partial charge in [-0.2, -0.15) is 0 Å². The van der Waals surface area contributed by atoms with Crippen molar-refractivity contribution in [3.8, 4) is 0 Å². The van der Waals surface area contributed by atoms with E-state index in [-0.39, 0.29) is 5.56 Å². The van der Waals surface area contributed by atoms with E-state index in [0.29, 0.717) is 33.9 Å². The van der Waals surface area contributed by atoms with E-state index in [9.17, 15) is 9.59 Å². The van der Waals surface area contributed by atoms with Gasteiger partial charge in [0.1, 0.15) is 21.9 Å². The lowest BCUT2D eigenvalue weighted by atomic mass is 9.89. The first-order chi connectivity index (χ1) is 13.0. The Labute approximate surface area is 164 Å². The highest BCUT2D eigenvalue weighted by Gasteiger charge is 2.23. The van der Waals surface area contributed by atoms with Crippen molar-refractivity contribution in [2.75, 3.05) is 7.11 Å². The smallest absolute Gasteiger partial charge is 0.341 e. The molecular weight excluding hydrogens is 384 g/mol. The van der Waals surface area contributed by atoms with E-state index in [1.54, 1.807) is 24.3 Å². The molecule has 0 saturated heterocycles. The van der Waals surface area contributed by atoms with E-state index in [4.69, 9.17) is 9.15 Å². The number of fused-ring (bicyclic) bond motifs is 3. The first-order valence-corrected chi connectivity index (χ1v) is 10.6.